The van der Waals surface area contributed by atoms with E-state index in [1.165, 1.54) is 0 Å². The van der Waals surface area contributed by atoms with Crippen LogP contribution in [0.25, 0.3) is 16.8 Å². The van der Waals surface area contributed by atoms with Gasteiger partial charge in [0.1, 0.15) is 23.6 Å². The number of methoxy groups -OCH3 is 1. The van der Waals surface area contributed by atoms with Crippen LogP contribution in [0.15, 0.2) is 24.7 Å². The van der Waals surface area contributed by atoms with Crippen LogP contribution in [0, 0.1) is 0 Å². The monoisotopic (exact) mass is 609 g/mol. The summed E-state index contributed by atoms with van der Waals surface area (Å²) in [5, 5.41) is 6.10. The van der Waals surface area contributed by atoms with Crippen molar-refractivity contribution < 1.29 is 54.2 Å². The van der Waals surface area contributed by atoms with Gasteiger partial charge in [0, 0.05) is 18.3 Å². The third-order valence-corrected chi connectivity index (χ3v) is 6.87. The number of hydrogen-bond acceptors (Lipinski definition) is 8. The number of pyridine rings is 1. The van der Waals surface area contributed by atoms with E-state index in [2.05, 4.69) is 25.1 Å². The number of aromatic nitrogens is 4. The van der Waals surface area contributed by atoms with E-state index < -0.39 is 84.7 Å². The number of carbonyl (C=O) groups excluding carboxylic acids is 2. The van der Waals surface area contributed by atoms with Crippen LogP contribution in [0.2, 0.25) is 0 Å². The lowest BCUT2D eigenvalue weighted by Gasteiger charge is -2.42. The van der Waals surface area contributed by atoms with Crippen molar-refractivity contribution in [2.75, 3.05) is 25.9 Å². The number of amides is 2. The molecule has 0 spiro atoms. The number of carbonyl (C=O) groups is 2. The third kappa shape index (κ3) is 4.75. The minimum atomic E-state index is -4.84. The van der Waals surface area contributed by atoms with Gasteiger partial charge in [0.05, 0.1) is 37.4 Å². The Labute approximate surface area is 229 Å². The molecule has 0 aromatic carbocycles. The smallest absolute Gasteiger partial charge is 0.418 e. The number of anilines is 1. The van der Waals surface area contributed by atoms with Crippen molar-refractivity contribution in [1.29, 1.82) is 0 Å². The van der Waals surface area contributed by atoms with Crippen LogP contribution in [0.4, 0.5) is 45.7 Å². The molecular formula is C23H19F8N7O4. The van der Waals surface area contributed by atoms with Gasteiger partial charge >= 0.3 is 24.1 Å². The maximum Gasteiger partial charge on any atom is 0.418 e. The fraction of sp³-hybridized carbons (Fsp3) is 0.435. The second kappa shape index (κ2) is 9.83. The van der Waals surface area contributed by atoms with E-state index in [0.717, 1.165) is 36.3 Å². The Kier molecular flexibility index (Phi) is 6.80. The molecule has 2 amide bonds. The largest absolute Gasteiger partial charge is 0.480 e. The summed E-state index contributed by atoms with van der Waals surface area (Å²) in [6, 6.07) is 0.430. The van der Waals surface area contributed by atoms with Gasteiger partial charge in [-0.1, -0.05) is 0 Å². The quantitative estimate of drug-likeness (QED) is 0.421. The van der Waals surface area contributed by atoms with E-state index in [4.69, 9.17) is 10.5 Å². The molecule has 19 heteroatoms. The summed E-state index contributed by atoms with van der Waals surface area (Å²) in [4.78, 5) is 33.5. The zero-order valence-electron chi connectivity index (χ0n) is 21.1. The van der Waals surface area contributed by atoms with E-state index in [-0.39, 0.29) is 22.7 Å². The first-order valence-electron chi connectivity index (χ1n) is 11.9. The molecule has 1 aliphatic heterocycles. The highest BCUT2D eigenvalue weighted by atomic mass is 19.4. The third-order valence-electron chi connectivity index (χ3n) is 6.87. The highest BCUT2D eigenvalue weighted by Crippen LogP contribution is 2.52. The number of rotatable bonds is 5. The van der Waals surface area contributed by atoms with Gasteiger partial charge in [-0.05, 0) is 12.1 Å². The van der Waals surface area contributed by atoms with Crippen molar-refractivity contribution in [2.24, 2.45) is 0 Å². The molecule has 3 N–H and O–H groups in total. The van der Waals surface area contributed by atoms with Crippen molar-refractivity contribution in [3.8, 4) is 17.1 Å². The molecule has 3 aromatic heterocycles. The highest BCUT2D eigenvalue weighted by Gasteiger charge is 2.74. The number of nitrogens with zero attached hydrogens (tertiary/aromatic N) is 5. The molecule has 3 atom stereocenters. The SMILES string of the molecule is COc1ncc(-c2cc(C(F)(F)F)c3c(N)ncnn23)cc1C(=O)N[C@@H]1CN(C(=O)OC2CC(F)(F)C2(F)F)C[C@@H]1F. The summed E-state index contributed by atoms with van der Waals surface area (Å²) in [5.41, 5.74) is 3.40. The molecule has 2 aliphatic rings. The van der Waals surface area contributed by atoms with Crippen molar-refractivity contribution >= 4 is 23.3 Å². The molecule has 1 saturated heterocycles. The summed E-state index contributed by atoms with van der Waals surface area (Å²) in [5.74, 6) is -10.7. The molecule has 5 rings (SSSR count). The van der Waals surface area contributed by atoms with Crippen molar-refractivity contribution in [3.63, 3.8) is 0 Å². The van der Waals surface area contributed by atoms with Crippen LogP contribution < -0.4 is 15.8 Å². The van der Waals surface area contributed by atoms with Gasteiger partial charge in [-0.3, -0.25) is 4.79 Å². The van der Waals surface area contributed by atoms with Gasteiger partial charge in [-0.15, -0.1) is 0 Å². The number of likely N-dealkylation sites (tertiary alicyclic amines) is 1. The molecule has 11 nitrogen and oxygen atoms in total. The maximum atomic E-state index is 14.7. The van der Waals surface area contributed by atoms with Gasteiger partial charge in [0.25, 0.3) is 5.91 Å². The van der Waals surface area contributed by atoms with Crippen LogP contribution in [0.1, 0.15) is 22.3 Å². The summed E-state index contributed by atoms with van der Waals surface area (Å²) >= 11 is 0. The van der Waals surface area contributed by atoms with Gasteiger partial charge in [0.15, 0.2) is 11.9 Å². The van der Waals surface area contributed by atoms with Gasteiger partial charge in [-0.25, -0.2) is 23.7 Å². The van der Waals surface area contributed by atoms with Crippen molar-refractivity contribution in [1.82, 2.24) is 29.8 Å². The number of fused-ring (bicyclic) bond motifs is 1. The summed E-state index contributed by atoms with van der Waals surface area (Å²) < 4.78 is 119. The topological polar surface area (TPSA) is 137 Å². The summed E-state index contributed by atoms with van der Waals surface area (Å²) in [6.45, 7) is -1.27. The Bertz CT molecular complexity index is 1560. The first-order valence-corrected chi connectivity index (χ1v) is 11.9. The number of nitrogens with two attached hydrogens (primary N) is 1. The number of hydrogen-bond donors (Lipinski definition) is 2. The zero-order chi connectivity index (χ0) is 30.8. The molecule has 1 aliphatic carbocycles. The Morgan fingerprint density at radius 1 is 1.14 bits per heavy atom. The lowest BCUT2D eigenvalue weighted by atomic mass is 9.85. The number of nitrogens with one attached hydrogen (secondary N) is 1. The van der Waals surface area contributed by atoms with E-state index in [1.54, 1.807) is 0 Å². The lowest BCUT2D eigenvalue weighted by molar-refractivity contribution is -0.330. The minimum Gasteiger partial charge on any atom is -0.480 e. The van der Waals surface area contributed by atoms with Gasteiger partial charge in [0.2, 0.25) is 5.88 Å². The normalized spacial score (nSPS) is 23.0. The summed E-state index contributed by atoms with van der Waals surface area (Å²) in [7, 11) is 1.14. The number of ether oxygens (including phenoxy) is 2. The van der Waals surface area contributed by atoms with Crippen LogP contribution in [-0.2, 0) is 10.9 Å². The van der Waals surface area contributed by atoms with Gasteiger partial charge in [-0.2, -0.15) is 35.8 Å². The average Bonchev–Trinajstić information content (AvgIpc) is 3.49. The molecule has 0 bridgehead atoms. The number of halogens is 8. The molecule has 4 heterocycles. The molecule has 226 valence electrons. The fourth-order valence-electron chi connectivity index (χ4n) is 4.62. The van der Waals surface area contributed by atoms with Crippen molar-refractivity contribution in [3.05, 3.63) is 35.8 Å². The fourth-order valence-corrected chi connectivity index (χ4v) is 4.62. The Morgan fingerprint density at radius 3 is 2.48 bits per heavy atom. The second-order valence-electron chi connectivity index (χ2n) is 9.53. The first kappa shape index (κ1) is 29.1. The van der Waals surface area contributed by atoms with Crippen molar-refractivity contribution in [2.45, 2.75) is 42.8 Å². The van der Waals surface area contributed by atoms with Crippen LogP contribution in [-0.4, -0.2) is 86.8 Å². The molecule has 1 unspecified atom stereocenters. The highest BCUT2D eigenvalue weighted by molar-refractivity contribution is 5.98. The summed E-state index contributed by atoms with van der Waals surface area (Å²) in [6.07, 6.45) is -10.0. The van der Waals surface area contributed by atoms with E-state index in [0.29, 0.717) is 4.90 Å². The minimum absolute atomic E-state index is 0.0452. The molecule has 2 fully saturated rings. The number of alkyl halides is 8. The standard InChI is InChI=1S/C23H19F8N7O4/c1-41-19-10(2-9(5-33-19)14-3-11(23(29,30)31)16-17(32)34-8-35-38(14)16)18(39)36-13-7-37(6-12(13)24)20(40)42-15-4-21(25,26)22(15,27)28/h2-3,5,8,12-13,15H,4,6-7H2,1H3,(H,36,39)(H2,32,34,35)/t12-,13+,15?/m0/s1. The molecular weight excluding hydrogens is 590 g/mol. The predicted molar refractivity (Wildman–Crippen MR) is 125 cm³/mol. The van der Waals surface area contributed by atoms with Gasteiger partial charge < -0.3 is 25.4 Å². The van der Waals surface area contributed by atoms with E-state index in [1.807, 2.05) is 0 Å². The molecule has 3 aromatic rings. The van der Waals surface area contributed by atoms with Crippen LogP contribution in [0.3, 0.4) is 0 Å². The number of nitrogen functional groups attached to an aromatic ring is 1. The zero-order valence-corrected chi connectivity index (χ0v) is 21.1. The Hall–Kier alpha value is -4.45. The average molecular weight is 609 g/mol. The predicted octanol–water partition coefficient (Wildman–Crippen LogP) is 3.33. The second-order valence-corrected chi connectivity index (χ2v) is 9.53. The maximum absolute atomic E-state index is 14.7. The Morgan fingerprint density at radius 2 is 1.86 bits per heavy atom. The molecule has 1 saturated carbocycles. The van der Waals surface area contributed by atoms with Crippen LogP contribution in [0.5, 0.6) is 5.88 Å². The first-order chi connectivity index (χ1) is 19.5. The van der Waals surface area contributed by atoms with E-state index in [9.17, 15) is 44.7 Å². The van der Waals surface area contributed by atoms with Crippen LogP contribution >= 0.6 is 0 Å². The molecule has 0 radical (unpaired) electrons. The molecule has 42 heavy (non-hydrogen) atoms. The van der Waals surface area contributed by atoms with E-state index >= 15 is 0 Å². The Balaban J connectivity index is 1.36. The lowest BCUT2D eigenvalue weighted by Crippen LogP contribution is -2.64.